The molecule has 0 saturated carbocycles. The third kappa shape index (κ3) is 3.69. The van der Waals surface area contributed by atoms with Crippen LogP contribution in [0.15, 0.2) is 24.3 Å². The van der Waals surface area contributed by atoms with E-state index in [-0.39, 0.29) is 11.5 Å². The minimum absolute atomic E-state index is 0.0609. The predicted octanol–water partition coefficient (Wildman–Crippen LogP) is 2.88. The largest absolute Gasteiger partial charge is 0.370 e. The number of likely N-dealkylation sites (tertiary alicyclic amines) is 1. The Balaban J connectivity index is 1.43. The summed E-state index contributed by atoms with van der Waals surface area (Å²) < 4.78 is 8.23. The number of piperidine rings is 1. The van der Waals surface area contributed by atoms with Crippen LogP contribution in [0.2, 0.25) is 5.02 Å². The first-order chi connectivity index (χ1) is 13.4. The number of rotatable bonds is 3. The molecule has 0 unspecified atom stereocenters. The van der Waals surface area contributed by atoms with Crippen molar-refractivity contribution in [1.82, 2.24) is 19.6 Å². The standard InChI is InChI=1S/C21H27ClN4O2/c1-24(2)20(27)19-17-14-28-21(12-18(17)25(3)23-19)8-10-26(11-9-21)13-15-4-6-16(22)7-5-15/h4-7H,8-14H2,1-3H3. The lowest BCUT2D eigenvalue weighted by atomic mass is 9.83. The van der Waals surface area contributed by atoms with E-state index in [1.165, 1.54) is 5.56 Å². The van der Waals surface area contributed by atoms with E-state index < -0.39 is 0 Å². The fourth-order valence-electron chi connectivity index (χ4n) is 4.23. The number of carbonyl (C=O) groups is 1. The van der Waals surface area contributed by atoms with Crippen molar-refractivity contribution in [3.63, 3.8) is 0 Å². The molecule has 1 spiro atoms. The van der Waals surface area contributed by atoms with Gasteiger partial charge in [0.05, 0.1) is 12.2 Å². The van der Waals surface area contributed by atoms with Crippen LogP contribution in [0.25, 0.3) is 0 Å². The van der Waals surface area contributed by atoms with Gasteiger partial charge < -0.3 is 9.64 Å². The fourth-order valence-corrected chi connectivity index (χ4v) is 4.35. The van der Waals surface area contributed by atoms with E-state index in [1.54, 1.807) is 19.0 Å². The monoisotopic (exact) mass is 402 g/mol. The van der Waals surface area contributed by atoms with Crippen molar-refractivity contribution in [2.24, 2.45) is 7.05 Å². The Morgan fingerprint density at radius 3 is 2.57 bits per heavy atom. The minimum Gasteiger partial charge on any atom is -0.370 e. The summed E-state index contributed by atoms with van der Waals surface area (Å²) in [5, 5.41) is 5.27. The van der Waals surface area contributed by atoms with Gasteiger partial charge in [0.1, 0.15) is 0 Å². The lowest BCUT2D eigenvalue weighted by Gasteiger charge is -2.44. The molecule has 0 N–H and O–H groups in total. The summed E-state index contributed by atoms with van der Waals surface area (Å²) in [6.07, 6.45) is 2.80. The molecule has 1 saturated heterocycles. The summed E-state index contributed by atoms with van der Waals surface area (Å²) in [6, 6.07) is 8.08. The number of aryl methyl sites for hydroxylation is 1. The number of hydrogen-bond acceptors (Lipinski definition) is 4. The minimum atomic E-state index is -0.143. The average molecular weight is 403 g/mol. The highest BCUT2D eigenvalue weighted by molar-refractivity contribution is 6.30. The molecule has 7 heteroatoms. The van der Waals surface area contributed by atoms with E-state index in [0.29, 0.717) is 12.3 Å². The maximum absolute atomic E-state index is 12.4. The molecule has 3 heterocycles. The van der Waals surface area contributed by atoms with E-state index in [9.17, 15) is 4.79 Å². The van der Waals surface area contributed by atoms with Gasteiger partial charge in [-0.05, 0) is 30.5 Å². The number of benzene rings is 1. The number of carbonyl (C=O) groups excluding carboxylic acids is 1. The maximum atomic E-state index is 12.4. The summed E-state index contributed by atoms with van der Waals surface area (Å²) in [5.74, 6) is -0.0609. The first kappa shape index (κ1) is 19.4. The maximum Gasteiger partial charge on any atom is 0.274 e. The second kappa shape index (κ2) is 7.50. The molecule has 28 heavy (non-hydrogen) atoms. The molecule has 0 atom stereocenters. The molecule has 0 aliphatic carbocycles. The van der Waals surface area contributed by atoms with Gasteiger partial charge in [-0.2, -0.15) is 5.10 Å². The van der Waals surface area contributed by atoms with Crippen LogP contribution >= 0.6 is 11.6 Å². The number of amides is 1. The smallest absolute Gasteiger partial charge is 0.274 e. The first-order valence-electron chi connectivity index (χ1n) is 9.74. The summed E-state index contributed by atoms with van der Waals surface area (Å²) in [4.78, 5) is 16.5. The molecule has 1 amide bonds. The molecule has 2 aliphatic heterocycles. The van der Waals surface area contributed by atoms with Gasteiger partial charge in [0.2, 0.25) is 0 Å². The summed E-state index contributed by atoms with van der Waals surface area (Å²) in [6.45, 7) is 3.40. The lowest BCUT2D eigenvalue weighted by molar-refractivity contribution is -0.104. The van der Waals surface area contributed by atoms with Crippen molar-refractivity contribution in [2.75, 3.05) is 27.2 Å². The molecule has 2 aromatic rings. The molecule has 0 bridgehead atoms. The van der Waals surface area contributed by atoms with Gasteiger partial charge >= 0.3 is 0 Å². The highest BCUT2D eigenvalue weighted by Gasteiger charge is 2.41. The van der Waals surface area contributed by atoms with Crippen molar-refractivity contribution >= 4 is 17.5 Å². The number of hydrogen-bond donors (Lipinski definition) is 0. The van der Waals surface area contributed by atoms with Crippen LogP contribution < -0.4 is 0 Å². The molecule has 2 aliphatic rings. The Kier molecular flexibility index (Phi) is 5.21. The summed E-state index contributed by atoms with van der Waals surface area (Å²) in [7, 11) is 5.44. The topological polar surface area (TPSA) is 50.6 Å². The van der Waals surface area contributed by atoms with Crippen molar-refractivity contribution < 1.29 is 9.53 Å². The third-order valence-electron chi connectivity index (χ3n) is 5.98. The molecule has 6 nitrogen and oxygen atoms in total. The van der Waals surface area contributed by atoms with Crippen LogP contribution in [0.5, 0.6) is 0 Å². The highest BCUT2D eigenvalue weighted by Crippen LogP contribution is 2.37. The Labute approximate surface area is 171 Å². The molecule has 1 aromatic heterocycles. The molecule has 150 valence electrons. The van der Waals surface area contributed by atoms with Gasteiger partial charge in [0.15, 0.2) is 5.69 Å². The van der Waals surface area contributed by atoms with E-state index in [2.05, 4.69) is 22.1 Å². The zero-order valence-electron chi connectivity index (χ0n) is 16.7. The lowest BCUT2D eigenvalue weighted by Crippen LogP contribution is -2.49. The van der Waals surface area contributed by atoms with Crippen molar-refractivity contribution in [3.8, 4) is 0 Å². The third-order valence-corrected chi connectivity index (χ3v) is 6.23. The Hall–Kier alpha value is -1.89. The van der Waals surface area contributed by atoms with Gasteiger partial charge in [-0.1, -0.05) is 23.7 Å². The van der Waals surface area contributed by atoms with Crippen LogP contribution in [0.4, 0.5) is 0 Å². The van der Waals surface area contributed by atoms with E-state index in [4.69, 9.17) is 16.3 Å². The molecule has 0 radical (unpaired) electrons. The Morgan fingerprint density at radius 1 is 1.25 bits per heavy atom. The molecule has 1 fully saturated rings. The van der Waals surface area contributed by atoms with E-state index in [1.807, 2.05) is 23.9 Å². The molecule has 4 rings (SSSR count). The van der Waals surface area contributed by atoms with Gasteiger partial charge in [-0.15, -0.1) is 0 Å². The SMILES string of the molecule is CN(C)C(=O)c1nn(C)c2c1COC1(CCN(Cc3ccc(Cl)cc3)CC1)C2. The van der Waals surface area contributed by atoms with Crippen LogP contribution in [0, 0.1) is 0 Å². The quantitative estimate of drug-likeness (QED) is 0.792. The average Bonchev–Trinajstić information content (AvgIpc) is 3.00. The number of halogens is 1. The van der Waals surface area contributed by atoms with E-state index >= 15 is 0 Å². The zero-order valence-corrected chi connectivity index (χ0v) is 17.5. The normalized spacial score (nSPS) is 18.9. The van der Waals surface area contributed by atoms with Crippen LogP contribution in [-0.4, -0.2) is 58.3 Å². The molecular formula is C21H27ClN4O2. The van der Waals surface area contributed by atoms with Crippen molar-refractivity contribution in [2.45, 2.75) is 38.0 Å². The van der Waals surface area contributed by atoms with E-state index in [0.717, 1.165) is 55.2 Å². The summed E-state index contributed by atoms with van der Waals surface area (Å²) >= 11 is 5.98. The highest BCUT2D eigenvalue weighted by atomic mass is 35.5. The van der Waals surface area contributed by atoms with Crippen molar-refractivity contribution in [1.29, 1.82) is 0 Å². The first-order valence-corrected chi connectivity index (χ1v) is 10.1. The fraction of sp³-hybridized carbons (Fsp3) is 0.524. The molecular weight excluding hydrogens is 376 g/mol. The van der Waals surface area contributed by atoms with Crippen molar-refractivity contribution in [3.05, 3.63) is 51.8 Å². The van der Waals surface area contributed by atoms with Gasteiger partial charge in [-0.25, -0.2) is 0 Å². The number of nitrogens with zero attached hydrogens (tertiary/aromatic N) is 4. The Morgan fingerprint density at radius 2 is 1.93 bits per heavy atom. The van der Waals surface area contributed by atoms with Crippen LogP contribution in [0.3, 0.4) is 0 Å². The second-order valence-electron chi connectivity index (χ2n) is 8.15. The number of aromatic nitrogens is 2. The number of ether oxygens (including phenoxy) is 1. The van der Waals surface area contributed by atoms with Gasteiger partial charge in [0, 0.05) is 63.5 Å². The second-order valence-corrected chi connectivity index (χ2v) is 8.58. The zero-order chi connectivity index (χ0) is 19.9. The van der Waals surface area contributed by atoms with Crippen LogP contribution in [-0.2, 0) is 31.4 Å². The van der Waals surface area contributed by atoms with Crippen LogP contribution in [0.1, 0.15) is 40.2 Å². The predicted molar refractivity (Wildman–Crippen MR) is 108 cm³/mol. The van der Waals surface area contributed by atoms with Gasteiger partial charge in [-0.3, -0.25) is 14.4 Å². The Bertz CT molecular complexity index is 867. The molecule has 1 aromatic carbocycles. The number of fused-ring (bicyclic) bond motifs is 1. The summed E-state index contributed by atoms with van der Waals surface area (Å²) in [5.41, 5.74) is 3.76. The van der Waals surface area contributed by atoms with Gasteiger partial charge in [0.25, 0.3) is 5.91 Å².